The number of aromatic nitrogens is 2. The topological polar surface area (TPSA) is 101 Å². The molecule has 0 spiro atoms. The van der Waals surface area contributed by atoms with Gasteiger partial charge in [-0.1, -0.05) is 0 Å². The average molecular weight is 342 g/mol. The first-order valence-electron chi connectivity index (χ1n) is 8.81. The van der Waals surface area contributed by atoms with Gasteiger partial charge in [-0.05, 0) is 49.8 Å². The zero-order valence-electron chi connectivity index (χ0n) is 14.2. The SMILES string of the molecule is CCn1c(=O)c(=O)[nH]c2cc(C(=O)N3CC4CCC(N)C4C3)ccc21. The van der Waals surface area contributed by atoms with Gasteiger partial charge in [0.25, 0.3) is 5.91 Å². The predicted molar refractivity (Wildman–Crippen MR) is 94.6 cm³/mol. The summed E-state index contributed by atoms with van der Waals surface area (Å²) in [7, 11) is 0. The monoisotopic (exact) mass is 342 g/mol. The zero-order chi connectivity index (χ0) is 17.7. The lowest BCUT2D eigenvalue weighted by molar-refractivity contribution is 0.0779. The Kier molecular flexibility index (Phi) is 3.76. The first kappa shape index (κ1) is 16.1. The van der Waals surface area contributed by atoms with Crippen molar-refractivity contribution >= 4 is 16.9 Å². The molecule has 0 bridgehead atoms. The van der Waals surface area contributed by atoms with Crippen molar-refractivity contribution in [2.75, 3.05) is 13.1 Å². The molecule has 3 atom stereocenters. The van der Waals surface area contributed by atoms with Gasteiger partial charge in [0.05, 0.1) is 11.0 Å². The maximum absolute atomic E-state index is 12.9. The van der Waals surface area contributed by atoms with Crippen molar-refractivity contribution in [3.05, 3.63) is 44.5 Å². The van der Waals surface area contributed by atoms with Crippen LogP contribution in [0.5, 0.6) is 0 Å². The van der Waals surface area contributed by atoms with E-state index in [0.29, 0.717) is 41.5 Å². The fourth-order valence-corrected chi connectivity index (χ4v) is 4.38. The summed E-state index contributed by atoms with van der Waals surface area (Å²) < 4.78 is 1.42. The van der Waals surface area contributed by atoms with Crippen LogP contribution in [0.15, 0.2) is 27.8 Å². The molecule has 7 heteroatoms. The highest BCUT2D eigenvalue weighted by Crippen LogP contribution is 2.37. The fourth-order valence-electron chi connectivity index (χ4n) is 4.38. The van der Waals surface area contributed by atoms with Gasteiger partial charge in [0, 0.05) is 31.2 Å². The number of likely N-dealkylation sites (tertiary alicyclic amines) is 1. The van der Waals surface area contributed by atoms with Gasteiger partial charge in [0.2, 0.25) is 0 Å². The Morgan fingerprint density at radius 3 is 2.80 bits per heavy atom. The number of benzene rings is 1. The van der Waals surface area contributed by atoms with Crippen LogP contribution in [0.4, 0.5) is 0 Å². The number of hydrogen-bond acceptors (Lipinski definition) is 4. The average Bonchev–Trinajstić information content (AvgIpc) is 3.17. The molecule has 1 aromatic carbocycles. The Labute approximate surface area is 144 Å². The number of aryl methyl sites for hydroxylation is 1. The van der Waals surface area contributed by atoms with Crippen LogP contribution >= 0.6 is 0 Å². The highest BCUT2D eigenvalue weighted by molar-refractivity contribution is 5.97. The van der Waals surface area contributed by atoms with E-state index in [4.69, 9.17) is 5.73 Å². The summed E-state index contributed by atoms with van der Waals surface area (Å²) in [5.74, 6) is 0.859. The van der Waals surface area contributed by atoms with Crippen molar-refractivity contribution < 1.29 is 4.79 Å². The lowest BCUT2D eigenvalue weighted by atomic mass is 9.98. The first-order valence-corrected chi connectivity index (χ1v) is 8.81. The molecule has 3 unspecified atom stereocenters. The van der Waals surface area contributed by atoms with Gasteiger partial charge < -0.3 is 20.2 Å². The third-order valence-electron chi connectivity index (χ3n) is 5.74. The summed E-state index contributed by atoms with van der Waals surface area (Å²) in [6.45, 7) is 3.67. The van der Waals surface area contributed by atoms with Crippen LogP contribution in [-0.2, 0) is 6.54 Å². The second-order valence-corrected chi connectivity index (χ2v) is 7.11. The summed E-state index contributed by atoms with van der Waals surface area (Å²) in [5, 5.41) is 0. The van der Waals surface area contributed by atoms with Gasteiger partial charge in [-0.15, -0.1) is 0 Å². The van der Waals surface area contributed by atoms with Crippen molar-refractivity contribution in [3.8, 4) is 0 Å². The van der Waals surface area contributed by atoms with Gasteiger partial charge in [-0.2, -0.15) is 0 Å². The van der Waals surface area contributed by atoms with E-state index < -0.39 is 11.1 Å². The number of carbonyl (C=O) groups excluding carboxylic acids is 1. The Morgan fingerprint density at radius 1 is 1.28 bits per heavy atom. The number of nitrogens with zero attached hydrogens (tertiary/aromatic N) is 2. The molecular weight excluding hydrogens is 320 g/mol. The van der Waals surface area contributed by atoms with Crippen LogP contribution in [0.1, 0.15) is 30.1 Å². The molecule has 4 rings (SSSR count). The van der Waals surface area contributed by atoms with Gasteiger partial charge in [0.15, 0.2) is 0 Å². The smallest absolute Gasteiger partial charge is 0.316 e. The highest BCUT2D eigenvalue weighted by atomic mass is 16.2. The van der Waals surface area contributed by atoms with E-state index in [1.807, 2.05) is 11.8 Å². The number of carbonyl (C=O) groups is 1. The van der Waals surface area contributed by atoms with E-state index in [1.54, 1.807) is 18.2 Å². The molecule has 2 aliphatic rings. The molecule has 1 aliphatic heterocycles. The maximum atomic E-state index is 12.9. The molecule has 25 heavy (non-hydrogen) atoms. The molecular formula is C18H22N4O3. The van der Waals surface area contributed by atoms with Crippen LogP contribution in [-0.4, -0.2) is 39.5 Å². The normalized spacial score (nSPS) is 25.5. The number of fused-ring (bicyclic) bond motifs is 2. The minimum atomic E-state index is -0.666. The van der Waals surface area contributed by atoms with E-state index in [-0.39, 0.29) is 11.9 Å². The quantitative estimate of drug-likeness (QED) is 0.777. The maximum Gasteiger partial charge on any atom is 0.316 e. The number of amides is 1. The summed E-state index contributed by atoms with van der Waals surface area (Å²) in [4.78, 5) is 41.0. The second kappa shape index (κ2) is 5.84. The highest BCUT2D eigenvalue weighted by Gasteiger charge is 2.42. The van der Waals surface area contributed by atoms with E-state index in [0.717, 1.165) is 19.4 Å². The van der Waals surface area contributed by atoms with Crippen LogP contribution in [0.3, 0.4) is 0 Å². The number of rotatable bonds is 2. The van der Waals surface area contributed by atoms with E-state index in [2.05, 4.69) is 4.98 Å². The molecule has 2 fully saturated rings. The van der Waals surface area contributed by atoms with Crippen LogP contribution in [0.2, 0.25) is 0 Å². The Hall–Kier alpha value is -2.41. The van der Waals surface area contributed by atoms with Crippen molar-refractivity contribution in [3.63, 3.8) is 0 Å². The second-order valence-electron chi connectivity index (χ2n) is 7.11. The van der Waals surface area contributed by atoms with Gasteiger partial charge in [-0.25, -0.2) is 0 Å². The summed E-state index contributed by atoms with van der Waals surface area (Å²) >= 11 is 0. The Balaban J connectivity index is 1.68. The molecule has 3 N–H and O–H groups in total. The molecule has 1 amide bonds. The largest absolute Gasteiger partial charge is 0.338 e. The standard InChI is InChI=1S/C18H22N4O3/c1-2-22-15-6-4-10(7-14(15)20-16(23)18(22)25)17(24)21-8-11-3-5-13(19)12(11)9-21/h4,6-7,11-13H,2-3,5,8-9,19H2,1H3,(H,20,23). The van der Waals surface area contributed by atoms with E-state index in [9.17, 15) is 14.4 Å². The molecule has 1 saturated carbocycles. The molecule has 132 valence electrons. The molecule has 0 radical (unpaired) electrons. The lowest BCUT2D eigenvalue weighted by Gasteiger charge is -2.19. The molecule has 1 saturated heterocycles. The third-order valence-corrected chi connectivity index (χ3v) is 5.74. The van der Waals surface area contributed by atoms with E-state index >= 15 is 0 Å². The van der Waals surface area contributed by atoms with Gasteiger partial charge in [0.1, 0.15) is 0 Å². The summed E-state index contributed by atoms with van der Waals surface area (Å²) in [6.07, 6.45) is 2.13. The van der Waals surface area contributed by atoms with Crippen LogP contribution in [0.25, 0.3) is 11.0 Å². The minimum absolute atomic E-state index is 0.0430. The van der Waals surface area contributed by atoms with Crippen molar-refractivity contribution in [2.24, 2.45) is 17.6 Å². The van der Waals surface area contributed by atoms with Gasteiger partial charge >= 0.3 is 11.1 Å². The van der Waals surface area contributed by atoms with Crippen LogP contribution in [0, 0.1) is 11.8 Å². The molecule has 1 aliphatic carbocycles. The van der Waals surface area contributed by atoms with Crippen molar-refractivity contribution in [2.45, 2.75) is 32.4 Å². The summed E-state index contributed by atoms with van der Waals surface area (Å²) in [6, 6.07) is 5.31. The van der Waals surface area contributed by atoms with E-state index in [1.165, 1.54) is 4.57 Å². The molecule has 7 nitrogen and oxygen atoms in total. The Morgan fingerprint density at radius 2 is 2.08 bits per heavy atom. The summed E-state index contributed by atoms with van der Waals surface area (Å²) in [5.41, 5.74) is 6.57. The third kappa shape index (κ3) is 2.50. The van der Waals surface area contributed by atoms with Crippen molar-refractivity contribution in [1.82, 2.24) is 14.5 Å². The fraction of sp³-hybridized carbons (Fsp3) is 0.500. The Bertz CT molecular complexity index is 961. The number of hydrogen-bond donors (Lipinski definition) is 2. The van der Waals surface area contributed by atoms with Gasteiger partial charge in [-0.3, -0.25) is 14.4 Å². The minimum Gasteiger partial charge on any atom is -0.338 e. The molecule has 2 heterocycles. The number of nitrogens with two attached hydrogens (primary N) is 1. The lowest BCUT2D eigenvalue weighted by Crippen LogP contribution is -2.36. The molecule has 1 aromatic heterocycles. The van der Waals surface area contributed by atoms with Crippen LogP contribution < -0.4 is 16.9 Å². The van der Waals surface area contributed by atoms with Crippen molar-refractivity contribution in [1.29, 1.82) is 0 Å². The molecule has 2 aromatic rings. The predicted octanol–water partition coefficient (Wildman–Crippen LogP) is 0.519. The zero-order valence-corrected chi connectivity index (χ0v) is 14.2. The number of nitrogens with one attached hydrogen (secondary N) is 1. The number of H-pyrrole nitrogens is 1. The number of aromatic amines is 1. The first-order chi connectivity index (χ1) is 12.0.